The number of alkyl halides is 3. The number of rotatable bonds is 2. The fourth-order valence-corrected chi connectivity index (χ4v) is 4.37. The molecule has 2 aromatic carbocycles. The quantitative estimate of drug-likeness (QED) is 0.511. The number of aryl methyl sites for hydroxylation is 1. The van der Waals surface area contributed by atoms with E-state index in [4.69, 9.17) is 0 Å². The first-order valence-corrected chi connectivity index (χ1v) is 9.58. The third-order valence-corrected chi connectivity index (χ3v) is 5.95. The Morgan fingerprint density at radius 2 is 1.84 bits per heavy atom. The molecule has 0 spiro atoms. The molecule has 0 unspecified atom stereocenters. The van der Waals surface area contributed by atoms with E-state index in [1.165, 1.54) is 14.0 Å². The number of benzene rings is 2. The fraction of sp³-hybridized carbons (Fsp3) is 0.333. The predicted molar refractivity (Wildman–Crippen MR) is 105 cm³/mol. The van der Waals surface area contributed by atoms with Gasteiger partial charge in [-0.25, -0.2) is 13.5 Å². The highest BCUT2D eigenvalue weighted by Gasteiger charge is 2.62. The first-order chi connectivity index (χ1) is 14.9. The number of phenols is 1. The average Bonchev–Trinajstić information content (AvgIpc) is 2.70. The van der Waals surface area contributed by atoms with Crippen LogP contribution in [0.1, 0.15) is 36.4 Å². The van der Waals surface area contributed by atoms with Gasteiger partial charge in [0.05, 0.1) is 17.6 Å². The molecule has 11 heteroatoms. The van der Waals surface area contributed by atoms with Gasteiger partial charge in [-0.2, -0.15) is 18.3 Å². The molecule has 0 radical (unpaired) electrons. The highest BCUT2D eigenvalue weighted by atomic mass is 19.4. The number of fused-ring (bicyclic) bond motifs is 2. The van der Waals surface area contributed by atoms with Gasteiger partial charge in [0.2, 0.25) is 0 Å². The SMILES string of the molecule is C[C@@H]1C[C@](O)(C(F)(F)F)[C@@H](Nc2ccc(F)c3c(=O)n(C)ncc23)c2ccc(F)c(O)c21. The van der Waals surface area contributed by atoms with Crippen LogP contribution in [0.25, 0.3) is 10.8 Å². The summed E-state index contributed by atoms with van der Waals surface area (Å²) in [6.07, 6.45) is -4.86. The summed E-state index contributed by atoms with van der Waals surface area (Å²) >= 11 is 0. The van der Waals surface area contributed by atoms with Crippen LogP contribution in [0.4, 0.5) is 27.6 Å². The van der Waals surface area contributed by atoms with E-state index >= 15 is 0 Å². The van der Waals surface area contributed by atoms with E-state index in [1.807, 2.05) is 0 Å². The second-order valence-electron chi connectivity index (χ2n) is 7.96. The maximum atomic E-state index is 14.3. The van der Waals surface area contributed by atoms with Gasteiger partial charge >= 0.3 is 6.18 Å². The van der Waals surface area contributed by atoms with E-state index in [0.717, 1.165) is 35.1 Å². The molecule has 0 fully saturated rings. The van der Waals surface area contributed by atoms with E-state index in [1.54, 1.807) is 0 Å². The highest BCUT2D eigenvalue weighted by molar-refractivity contribution is 5.93. The molecule has 6 nitrogen and oxygen atoms in total. The van der Waals surface area contributed by atoms with Gasteiger partial charge in [0.1, 0.15) is 5.82 Å². The lowest BCUT2D eigenvalue weighted by Gasteiger charge is -2.45. The molecule has 1 aromatic heterocycles. The van der Waals surface area contributed by atoms with Crippen LogP contribution in [0.3, 0.4) is 0 Å². The van der Waals surface area contributed by atoms with Crippen molar-refractivity contribution in [1.29, 1.82) is 0 Å². The third-order valence-electron chi connectivity index (χ3n) is 5.95. The normalized spacial score (nSPS) is 23.2. The molecule has 0 aliphatic heterocycles. The van der Waals surface area contributed by atoms with Crippen LogP contribution >= 0.6 is 0 Å². The van der Waals surface area contributed by atoms with Crippen molar-refractivity contribution in [1.82, 2.24) is 9.78 Å². The molecule has 0 amide bonds. The number of aliphatic hydroxyl groups is 1. The number of aromatic nitrogens is 2. The molecule has 0 saturated heterocycles. The smallest absolute Gasteiger partial charge is 0.419 e. The van der Waals surface area contributed by atoms with Crippen molar-refractivity contribution in [2.24, 2.45) is 7.05 Å². The zero-order valence-electron chi connectivity index (χ0n) is 16.8. The molecule has 1 heterocycles. The Morgan fingerprint density at radius 3 is 2.50 bits per heavy atom. The molecule has 1 aliphatic carbocycles. The topological polar surface area (TPSA) is 87.4 Å². The number of hydrogen-bond acceptors (Lipinski definition) is 5. The monoisotopic (exact) mass is 455 g/mol. The Kier molecular flexibility index (Phi) is 4.92. The number of nitrogens with one attached hydrogen (secondary N) is 1. The lowest BCUT2D eigenvalue weighted by molar-refractivity contribution is -0.272. The van der Waals surface area contributed by atoms with Crippen LogP contribution < -0.4 is 10.9 Å². The summed E-state index contributed by atoms with van der Waals surface area (Å²) in [6, 6.07) is 2.00. The van der Waals surface area contributed by atoms with Crippen molar-refractivity contribution in [3.8, 4) is 5.75 Å². The van der Waals surface area contributed by atoms with E-state index in [-0.39, 0.29) is 22.2 Å². The van der Waals surface area contributed by atoms with Crippen molar-refractivity contribution in [3.63, 3.8) is 0 Å². The van der Waals surface area contributed by atoms with E-state index in [2.05, 4.69) is 10.4 Å². The van der Waals surface area contributed by atoms with Gasteiger partial charge in [-0.3, -0.25) is 4.79 Å². The maximum Gasteiger partial charge on any atom is 0.419 e. The summed E-state index contributed by atoms with van der Waals surface area (Å²) in [5.74, 6) is -3.72. The molecule has 3 aromatic rings. The van der Waals surface area contributed by atoms with Gasteiger partial charge in [0.15, 0.2) is 17.2 Å². The minimum atomic E-state index is -5.11. The molecule has 3 atom stereocenters. The third kappa shape index (κ3) is 3.10. The largest absolute Gasteiger partial charge is 0.505 e. The van der Waals surface area contributed by atoms with Crippen LogP contribution in [0, 0.1) is 11.6 Å². The molecule has 32 heavy (non-hydrogen) atoms. The van der Waals surface area contributed by atoms with E-state index < -0.39 is 58.5 Å². The minimum absolute atomic E-state index is 0.0723. The Bertz CT molecular complexity index is 1290. The van der Waals surface area contributed by atoms with Crippen LogP contribution in [0.2, 0.25) is 0 Å². The minimum Gasteiger partial charge on any atom is -0.505 e. The lowest BCUT2D eigenvalue weighted by Crippen LogP contribution is -2.55. The van der Waals surface area contributed by atoms with Crippen LogP contribution in [0.15, 0.2) is 35.3 Å². The molecule has 0 saturated carbocycles. The van der Waals surface area contributed by atoms with E-state index in [0.29, 0.717) is 0 Å². The number of phenolic OH excluding ortho intramolecular Hbond substituents is 1. The van der Waals surface area contributed by atoms with Crippen molar-refractivity contribution < 1.29 is 32.2 Å². The summed E-state index contributed by atoms with van der Waals surface area (Å²) in [5, 5.41) is 26.9. The Morgan fingerprint density at radius 1 is 1.19 bits per heavy atom. The number of anilines is 1. The van der Waals surface area contributed by atoms with E-state index in [9.17, 15) is 37.0 Å². The Balaban J connectivity index is 1.96. The summed E-state index contributed by atoms with van der Waals surface area (Å²) in [7, 11) is 1.29. The average molecular weight is 455 g/mol. The Labute approximate surface area is 177 Å². The molecular weight excluding hydrogens is 437 g/mol. The molecule has 3 N–H and O–H groups in total. The number of hydrogen-bond donors (Lipinski definition) is 3. The summed E-state index contributed by atoms with van der Waals surface area (Å²) in [5.41, 5.74) is -4.44. The molecular formula is C21H18F5N3O3. The number of halogens is 5. The highest BCUT2D eigenvalue weighted by Crippen LogP contribution is 2.54. The van der Waals surface area contributed by atoms with Crippen molar-refractivity contribution >= 4 is 16.5 Å². The molecule has 1 aliphatic rings. The van der Waals surface area contributed by atoms with Gasteiger partial charge in [-0.1, -0.05) is 13.0 Å². The zero-order valence-corrected chi connectivity index (χ0v) is 16.8. The van der Waals surface area contributed by atoms with Crippen LogP contribution in [0.5, 0.6) is 5.75 Å². The molecule has 4 rings (SSSR count). The predicted octanol–water partition coefficient (Wildman–Crippen LogP) is 3.87. The summed E-state index contributed by atoms with van der Waals surface area (Å²) in [6.45, 7) is 1.34. The van der Waals surface area contributed by atoms with Gasteiger partial charge in [0, 0.05) is 23.7 Å². The first kappa shape index (κ1) is 22.0. The van der Waals surface area contributed by atoms with Crippen LogP contribution in [-0.4, -0.2) is 31.8 Å². The molecule has 170 valence electrons. The van der Waals surface area contributed by atoms with Crippen molar-refractivity contribution in [2.75, 3.05) is 5.32 Å². The summed E-state index contributed by atoms with van der Waals surface area (Å²) in [4.78, 5) is 12.3. The van der Waals surface area contributed by atoms with Gasteiger partial charge in [0.25, 0.3) is 5.56 Å². The maximum absolute atomic E-state index is 14.3. The standard InChI is InChI=1S/C21H18F5N3O3/c1-9-7-20(32,21(24,25)26)18(10-3-4-13(23)17(30)15(9)10)28-14-6-5-12(22)16-11(14)8-27-29(2)19(16)31/h3-6,8-9,18,28,30,32H,7H2,1-2H3/t9-,18+,20-/m1/s1. The summed E-state index contributed by atoms with van der Waals surface area (Å²) < 4.78 is 71.4. The molecule has 0 bridgehead atoms. The lowest BCUT2D eigenvalue weighted by atomic mass is 9.70. The number of aromatic hydroxyl groups is 1. The van der Waals surface area contributed by atoms with Crippen molar-refractivity contribution in [2.45, 2.75) is 37.1 Å². The van der Waals surface area contributed by atoms with Gasteiger partial charge in [-0.05, 0) is 36.1 Å². The second-order valence-corrected chi connectivity index (χ2v) is 7.96. The zero-order chi connectivity index (χ0) is 23.6. The number of nitrogens with zero attached hydrogens (tertiary/aromatic N) is 2. The first-order valence-electron chi connectivity index (χ1n) is 9.58. The Hall–Kier alpha value is -3.21. The van der Waals surface area contributed by atoms with Gasteiger partial charge in [-0.15, -0.1) is 0 Å². The second kappa shape index (κ2) is 7.16. The van der Waals surface area contributed by atoms with Crippen LogP contribution in [-0.2, 0) is 7.05 Å². The fourth-order valence-electron chi connectivity index (χ4n) is 4.37. The van der Waals surface area contributed by atoms with Crippen molar-refractivity contribution in [3.05, 3.63) is 63.6 Å². The van der Waals surface area contributed by atoms with Gasteiger partial charge < -0.3 is 15.5 Å².